The van der Waals surface area contributed by atoms with E-state index in [4.69, 9.17) is 0 Å². The van der Waals surface area contributed by atoms with Gasteiger partial charge < -0.3 is 0 Å². The summed E-state index contributed by atoms with van der Waals surface area (Å²) in [6.45, 7) is 1.96. The molecule has 1 aromatic rings. The molecule has 0 aromatic heterocycles. The van der Waals surface area contributed by atoms with Crippen LogP contribution in [0.25, 0.3) is 0 Å². The smallest absolute Gasteiger partial charge is 0.162 e. The van der Waals surface area contributed by atoms with E-state index in [0.29, 0.717) is 5.56 Å². The molecular weight excluding hydrogens is 158 g/mol. The maximum absolute atomic E-state index is 13.2. The summed E-state index contributed by atoms with van der Waals surface area (Å²) in [7, 11) is 0. The Kier molecular flexibility index (Phi) is 1.47. The van der Waals surface area contributed by atoms with Crippen LogP contribution >= 0.6 is 0 Å². The van der Waals surface area contributed by atoms with Crippen molar-refractivity contribution in [3.8, 4) is 0 Å². The first-order valence-electron chi connectivity index (χ1n) is 4.08. The standard InChI is InChI=1S/C10H10F2/c1-10(5-6-10)7-3-2-4-8(11)9(7)12/h2-4H,5-6H2,1H3. The van der Waals surface area contributed by atoms with Crippen molar-refractivity contribution in [2.24, 2.45) is 0 Å². The molecule has 0 unspecified atom stereocenters. The van der Waals surface area contributed by atoms with Crippen LogP contribution in [0.4, 0.5) is 8.78 Å². The highest BCUT2D eigenvalue weighted by Crippen LogP contribution is 2.48. The van der Waals surface area contributed by atoms with E-state index in [1.54, 1.807) is 12.1 Å². The quantitative estimate of drug-likeness (QED) is 0.604. The predicted molar refractivity (Wildman–Crippen MR) is 42.9 cm³/mol. The summed E-state index contributed by atoms with van der Waals surface area (Å²) in [5.74, 6) is -1.40. The van der Waals surface area contributed by atoms with E-state index in [0.717, 1.165) is 18.9 Å². The molecule has 0 spiro atoms. The molecule has 1 aromatic carbocycles. The zero-order chi connectivity index (χ0) is 8.77. The molecule has 0 amide bonds. The molecule has 0 saturated heterocycles. The number of hydrogen-bond donors (Lipinski definition) is 0. The van der Waals surface area contributed by atoms with Gasteiger partial charge in [-0.3, -0.25) is 0 Å². The highest BCUT2D eigenvalue weighted by atomic mass is 19.2. The van der Waals surface area contributed by atoms with E-state index >= 15 is 0 Å². The van der Waals surface area contributed by atoms with Gasteiger partial charge in [-0.1, -0.05) is 19.1 Å². The lowest BCUT2D eigenvalue weighted by atomic mass is 9.98. The van der Waals surface area contributed by atoms with E-state index in [1.807, 2.05) is 6.92 Å². The monoisotopic (exact) mass is 168 g/mol. The van der Waals surface area contributed by atoms with Gasteiger partial charge in [0.25, 0.3) is 0 Å². The van der Waals surface area contributed by atoms with Gasteiger partial charge in [-0.25, -0.2) is 8.78 Å². The lowest BCUT2D eigenvalue weighted by Gasteiger charge is -2.09. The molecule has 12 heavy (non-hydrogen) atoms. The summed E-state index contributed by atoms with van der Waals surface area (Å²) < 4.78 is 25.9. The second-order valence-corrected chi connectivity index (χ2v) is 3.66. The minimum Gasteiger partial charge on any atom is -0.204 e. The Morgan fingerprint density at radius 3 is 2.50 bits per heavy atom. The summed E-state index contributed by atoms with van der Waals surface area (Å²) in [4.78, 5) is 0. The molecule has 2 rings (SSSR count). The fourth-order valence-corrected chi connectivity index (χ4v) is 1.43. The fraction of sp³-hybridized carbons (Fsp3) is 0.400. The van der Waals surface area contributed by atoms with Gasteiger partial charge in [-0.05, 0) is 29.9 Å². The van der Waals surface area contributed by atoms with Crippen LogP contribution in [0, 0.1) is 11.6 Å². The van der Waals surface area contributed by atoms with Gasteiger partial charge in [-0.2, -0.15) is 0 Å². The third-order valence-corrected chi connectivity index (χ3v) is 2.60. The molecule has 2 heteroatoms. The minimum atomic E-state index is -0.736. The Bertz CT molecular complexity index is 314. The van der Waals surface area contributed by atoms with Crippen molar-refractivity contribution in [2.75, 3.05) is 0 Å². The SMILES string of the molecule is CC1(c2cccc(F)c2F)CC1. The lowest BCUT2D eigenvalue weighted by Crippen LogP contribution is -2.04. The largest absolute Gasteiger partial charge is 0.204 e. The molecule has 0 N–H and O–H groups in total. The van der Waals surface area contributed by atoms with Gasteiger partial charge in [0.1, 0.15) is 0 Å². The Hall–Kier alpha value is -0.920. The third kappa shape index (κ3) is 1.02. The van der Waals surface area contributed by atoms with Crippen molar-refractivity contribution in [3.63, 3.8) is 0 Å². The molecular formula is C10H10F2. The van der Waals surface area contributed by atoms with Crippen LogP contribution in [-0.2, 0) is 5.41 Å². The molecule has 0 aliphatic heterocycles. The van der Waals surface area contributed by atoms with Gasteiger partial charge in [0.05, 0.1) is 0 Å². The second-order valence-electron chi connectivity index (χ2n) is 3.66. The Morgan fingerprint density at radius 2 is 1.92 bits per heavy atom. The van der Waals surface area contributed by atoms with E-state index in [2.05, 4.69) is 0 Å². The van der Waals surface area contributed by atoms with Crippen molar-refractivity contribution < 1.29 is 8.78 Å². The topological polar surface area (TPSA) is 0 Å². The van der Waals surface area contributed by atoms with E-state index in [9.17, 15) is 8.78 Å². The molecule has 0 heterocycles. The highest BCUT2D eigenvalue weighted by molar-refractivity contribution is 5.31. The van der Waals surface area contributed by atoms with Crippen LogP contribution < -0.4 is 0 Å². The van der Waals surface area contributed by atoms with Crippen LogP contribution in [0.3, 0.4) is 0 Å². The van der Waals surface area contributed by atoms with Crippen LogP contribution in [-0.4, -0.2) is 0 Å². The molecule has 1 aliphatic rings. The van der Waals surface area contributed by atoms with Gasteiger partial charge >= 0.3 is 0 Å². The van der Waals surface area contributed by atoms with Crippen LogP contribution in [0.1, 0.15) is 25.3 Å². The summed E-state index contributed by atoms with van der Waals surface area (Å²) in [5.41, 5.74) is 0.439. The number of benzene rings is 1. The normalized spacial score (nSPS) is 19.2. The molecule has 64 valence electrons. The molecule has 1 saturated carbocycles. The molecule has 0 atom stereocenters. The third-order valence-electron chi connectivity index (χ3n) is 2.60. The lowest BCUT2D eigenvalue weighted by molar-refractivity contribution is 0.489. The second kappa shape index (κ2) is 2.28. The zero-order valence-electron chi connectivity index (χ0n) is 6.90. The first-order chi connectivity index (χ1) is 5.63. The summed E-state index contributed by atoms with van der Waals surface area (Å²) >= 11 is 0. The minimum absolute atomic E-state index is 0.0911. The first-order valence-corrected chi connectivity index (χ1v) is 4.08. The van der Waals surface area contributed by atoms with Gasteiger partial charge in [0.2, 0.25) is 0 Å². The Balaban J connectivity index is 2.51. The highest BCUT2D eigenvalue weighted by Gasteiger charge is 2.41. The van der Waals surface area contributed by atoms with Crippen molar-refractivity contribution in [2.45, 2.75) is 25.2 Å². The summed E-state index contributed by atoms with van der Waals surface area (Å²) in [6.07, 6.45) is 1.93. The average Bonchev–Trinajstić information content (AvgIpc) is 2.75. The maximum atomic E-state index is 13.2. The maximum Gasteiger partial charge on any atom is 0.162 e. The number of halogens is 2. The Morgan fingerprint density at radius 1 is 1.25 bits per heavy atom. The van der Waals surface area contributed by atoms with E-state index < -0.39 is 11.6 Å². The number of rotatable bonds is 1. The van der Waals surface area contributed by atoms with Crippen LogP contribution in [0.5, 0.6) is 0 Å². The van der Waals surface area contributed by atoms with Crippen LogP contribution in [0.15, 0.2) is 18.2 Å². The van der Waals surface area contributed by atoms with E-state index in [-0.39, 0.29) is 5.41 Å². The van der Waals surface area contributed by atoms with Gasteiger partial charge in [-0.15, -0.1) is 0 Å². The molecule has 0 radical (unpaired) electrons. The molecule has 0 nitrogen and oxygen atoms in total. The molecule has 1 aliphatic carbocycles. The van der Waals surface area contributed by atoms with Crippen molar-refractivity contribution in [1.82, 2.24) is 0 Å². The Labute approximate surface area is 70.2 Å². The molecule has 0 bridgehead atoms. The first kappa shape index (κ1) is 7.71. The summed E-state index contributed by atoms with van der Waals surface area (Å²) in [6, 6.07) is 4.40. The zero-order valence-corrected chi connectivity index (χ0v) is 6.90. The number of hydrogen-bond acceptors (Lipinski definition) is 0. The fourth-order valence-electron chi connectivity index (χ4n) is 1.43. The average molecular weight is 168 g/mol. The predicted octanol–water partition coefficient (Wildman–Crippen LogP) is 3.02. The van der Waals surface area contributed by atoms with Crippen LogP contribution in [0.2, 0.25) is 0 Å². The van der Waals surface area contributed by atoms with Crippen molar-refractivity contribution in [3.05, 3.63) is 35.4 Å². The van der Waals surface area contributed by atoms with Crippen molar-refractivity contribution in [1.29, 1.82) is 0 Å². The van der Waals surface area contributed by atoms with Gasteiger partial charge in [0.15, 0.2) is 11.6 Å². The van der Waals surface area contributed by atoms with Crippen molar-refractivity contribution >= 4 is 0 Å². The summed E-state index contributed by atoms with van der Waals surface area (Å²) in [5, 5.41) is 0. The molecule has 1 fully saturated rings. The van der Waals surface area contributed by atoms with E-state index in [1.165, 1.54) is 0 Å². The van der Waals surface area contributed by atoms with Gasteiger partial charge in [0, 0.05) is 0 Å².